The predicted molar refractivity (Wildman–Crippen MR) is 82.7 cm³/mol. The number of hydrogen-bond acceptors (Lipinski definition) is 4. The standard InChI is InChI=1S/C14H17ClN4O2/c1-8-11(15)7-19(18-8)9(2)14(20)17-13-5-4-10(21-3)6-12(13)16/h4-7,9H,16H2,1-3H3,(H,17,20). The van der Waals surface area contributed by atoms with Gasteiger partial charge in [-0.2, -0.15) is 5.10 Å². The fraction of sp³-hybridized carbons (Fsp3) is 0.286. The SMILES string of the molecule is COc1ccc(NC(=O)C(C)n2cc(Cl)c(C)n2)c(N)c1. The van der Waals surface area contributed by atoms with Gasteiger partial charge in [-0.25, -0.2) is 0 Å². The van der Waals surface area contributed by atoms with Gasteiger partial charge < -0.3 is 15.8 Å². The van der Waals surface area contributed by atoms with Gasteiger partial charge in [0.25, 0.3) is 0 Å². The number of nitrogen functional groups attached to an aromatic ring is 1. The maximum absolute atomic E-state index is 12.2. The Morgan fingerprint density at radius 3 is 2.76 bits per heavy atom. The number of methoxy groups -OCH3 is 1. The molecule has 0 aliphatic rings. The van der Waals surface area contributed by atoms with Crippen molar-refractivity contribution in [3.8, 4) is 5.75 Å². The number of anilines is 2. The van der Waals surface area contributed by atoms with Crippen LogP contribution < -0.4 is 15.8 Å². The highest BCUT2D eigenvalue weighted by Gasteiger charge is 2.18. The highest BCUT2D eigenvalue weighted by atomic mass is 35.5. The number of benzene rings is 1. The van der Waals surface area contributed by atoms with Gasteiger partial charge in [0.2, 0.25) is 5.91 Å². The number of nitrogens with one attached hydrogen (secondary N) is 1. The van der Waals surface area contributed by atoms with Gasteiger partial charge in [0, 0.05) is 12.3 Å². The summed E-state index contributed by atoms with van der Waals surface area (Å²) in [6.07, 6.45) is 1.62. The van der Waals surface area contributed by atoms with E-state index in [4.69, 9.17) is 22.1 Å². The van der Waals surface area contributed by atoms with E-state index in [0.29, 0.717) is 27.8 Å². The van der Waals surface area contributed by atoms with Crippen molar-refractivity contribution in [2.45, 2.75) is 19.9 Å². The molecule has 1 aromatic heterocycles. The second-order valence-electron chi connectivity index (χ2n) is 4.66. The molecule has 21 heavy (non-hydrogen) atoms. The molecule has 1 unspecified atom stereocenters. The lowest BCUT2D eigenvalue weighted by molar-refractivity contribution is -0.119. The highest BCUT2D eigenvalue weighted by Crippen LogP contribution is 2.25. The number of aromatic nitrogens is 2. The van der Waals surface area contributed by atoms with Crippen LogP contribution in [0.25, 0.3) is 0 Å². The van der Waals surface area contributed by atoms with Crippen molar-refractivity contribution >= 4 is 28.9 Å². The first-order valence-corrected chi connectivity index (χ1v) is 6.75. The quantitative estimate of drug-likeness (QED) is 0.851. The lowest BCUT2D eigenvalue weighted by Crippen LogP contribution is -2.24. The Morgan fingerprint density at radius 2 is 2.24 bits per heavy atom. The van der Waals surface area contributed by atoms with Crippen molar-refractivity contribution in [3.05, 3.63) is 35.1 Å². The molecule has 3 N–H and O–H groups in total. The highest BCUT2D eigenvalue weighted by molar-refractivity contribution is 6.31. The Bertz CT molecular complexity index is 649. The average Bonchev–Trinajstić information content (AvgIpc) is 2.79. The minimum atomic E-state index is -0.502. The van der Waals surface area contributed by atoms with Crippen LogP contribution in [0, 0.1) is 6.92 Å². The third-order valence-corrected chi connectivity index (χ3v) is 3.52. The number of carbonyl (C=O) groups excluding carboxylic acids is 1. The molecule has 1 amide bonds. The Labute approximate surface area is 127 Å². The van der Waals surface area contributed by atoms with Crippen LogP contribution in [-0.2, 0) is 4.79 Å². The number of halogens is 1. The van der Waals surface area contributed by atoms with E-state index in [-0.39, 0.29) is 5.91 Å². The van der Waals surface area contributed by atoms with Crippen LogP contribution in [0.15, 0.2) is 24.4 Å². The van der Waals surface area contributed by atoms with Crippen LogP contribution in [-0.4, -0.2) is 22.8 Å². The minimum absolute atomic E-state index is 0.231. The van der Waals surface area contributed by atoms with Gasteiger partial charge in [0.1, 0.15) is 11.8 Å². The maximum atomic E-state index is 12.2. The molecule has 1 heterocycles. The van der Waals surface area contributed by atoms with E-state index < -0.39 is 6.04 Å². The summed E-state index contributed by atoms with van der Waals surface area (Å²) in [5.41, 5.74) is 7.52. The summed E-state index contributed by atoms with van der Waals surface area (Å²) in [6, 6.07) is 4.57. The number of ether oxygens (including phenoxy) is 1. The number of aryl methyl sites for hydroxylation is 1. The summed E-state index contributed by atoms with van der Waals surface area (Å²) in [5, 5.41) is 7.49. The van der Waals surface area contributed by atoms with Crippen molar-refractivity contribution in [2.24, 2.45) is 0 Å². The van der Waals surface area contributed by atoms with Crippen molar-refractivity contribution in [2.75, 3.05) is 18.2 Å². The zero-order valence-electron chi connectivity index (χ0n) is 12.1. The number of rotatable bonds is 4. The van der Waals surface area contributed by atoms with E-state index in [9.17, 15) is 4.79 Å². The van der Waals surface area contributed by atoms with Gasteiger partial charge in [-0.3, -0.25) is 9.48 Å². The summed E-state index contributed by atoms with van der Waals surface area (Å²) < 4.78 is 6.59. The van der Waals surface area contributed by atoms with E-state index >= 15 is 0 Å². The molecule has 0 fully saturated rings. The second kappa shape index (κ2) is 6.05. The van der Waals surface area contributed by atoms with Crippen molar-refractivity contribution in [3.63, 3.8) is 0 Å². The molecule has 112 valence electrons. The molecule has 0 bridgehead atoms. The lowest BCUT2D eigenvalue weighted by Gasteiger charge is -2.14. The summed E-state index contributed by atoms with van der Waals surface area (Å²) in [5.74, 6) is 0.402. The molecule has 2 rings (SSSR count). The van der Waals surface area contributed by atoms with Crippen LogP contribution in [0.1, 0.15) is 18.7 Å². The van der Waals surface area contributed by atoms with Crippen molar-refractivity contribution in [1.82, 2.24) is 9.78 Å². The van der Waals surface area contributed by atoms with Crippen LogP contribution in [0.3, 0.4) is 0 Å². The van der Waals surface area contributed by atoms with Gasteiger partial charge in [0.15, 0.2) is 0 Å². The summed E-state index contributed by atoms with van der Waals surface area (Å²) in [7, 11) is 1.55. The van der Waals surface area contributed by atoms with E-state index in [1.54, 1.807) is 45.4 Å². The number of nitrogens with zero attached hydrogens (tertiary/aromatic N) is 2. The summed E-state index contributed by atoms with van der Waals surface area (Å²) in [4.78, 5) is 12.2. The molecule has 0 aliphatic carbocycles. The molecule has 0 saturated heterocycles. The van der Waals surface area contributed by atoms with E-state index in [1.807, 2.05) is 0 Å². The molecular formula is C14H17ClN4O2. The molecule has 6 nitrogen and oxygen atoms in total. The minimum Gasteiger partial charge on any atom is -0.497 e. The summed E-state index contributed by atoms with van der Waals surface area (Å²) >= 11 is 5.95. The van der Waals surface area contributed by atoms with Gasteiger partial charge in [-0.05, 0) is 26.0 Å². The van der Waals surface area contributed by atoms with E-state index in [1.165, 1.54) is 4.68 Å². The normalized spacial score (nSPS) is 12.0. The molecule has 1 aromatic carbocycles. The van der Waals surface area contributed by atoms with Crippen molar-refractivity contribution < 1.29 is 9.53 Å². The summed E-state index contributed by atoms with van der Waals surface area (Å²) in [6.45, 7) is 3.52. The van der Waals surface area contributed by atoms with Gasteiger partial charge >= 0.3 is 0 Å². The van der Waals surface area contributed by atoms with Gasteiger partial charge in [-0.1, -0.05) is 11.6 Å². The predicted octanol–water partition coefficient (Wildman–Crippen LogP) is 2.64. The molecule has 0 spiro atoms. The monoisotopic (exact) mass is 308 g/mol. The smallest absolute Gasteiger partial charge is 0.249 e. The Hall–Kier alpha value is -2.21. The number of carbonyl (C=O) groups is 1. The topological polar surface area (TPSA) is 82.2 Å². The molecule has 0 saturated carbocycles. The zero-order chi connectivity index (χ0) is 15.6. The first-order valence-electron chi connectivity index (χ1n) is 6.38. The number of nitrogens with two attached hydrogens (primary N) is 1. The largest absolute Gasteiger partial charge is 0.497 e. The van der Waals surface area contributed by atoms with Gasteiger partial charge in [-0.15, -0.1) is 0 Å². The molecule has 7 heteroatoms. The Kier molecular flexibility index (Phi) is 4.37. The maximum Gasteiger partial charge on any atom is 0.249 e. The van der Waals surface area contributed by atoms with Gasteiger partial charge in [0.05, 0.1) is 29.2 Å². The Morgan fingerprint density at radius 1 is 1.52 bits per heavy atom. The van der Waals surface area contributed by atoms with Crippen LogP contribution >= 0.6 is 11.6 Å². The fourth-order valence-electron chi connectivity index (χ4n) is 1.80. The number of amides is 1. The van der Waals surface area contributed by atoms with Crippen LogP contribution in [0.4, 0.5) is 11.4 Å². The molecule has 1 atom stereocenters. The van der Waals surface area contributed by atoms with E-state index in [2.05, 4.69) is 10.4 Å². The lowest BCUT2D eigenvalue weighted by atomic mass is 10.2. The van der Waals surface area contributed by atoms with Crippen LogP contribution in [0.2, 0.25) is 5.02 Å². The fourth-order valence-corrected chi connectivity index (χ4v) is 1.93. The first kappa shape index (κ1) is 15.2. The molecule has 2 aromatic rings. The Balaban J connectivity index is 2.14. The van der Waals surface area contributed by atoms with Crippen LogP contribution in [0.5, 0.6) is 5.75 Å². The second-order valence-corrected chi connectivity index (χ2v) is 5.07. The third-order valence-electron chi connectivity index (χ3n) is 3.15. The third kappa shape index (κ3) is 3.28. The zero-order valence-corrected chi connectivity index (χ0v) is 12.8. The average molecular weight is 309 g/mol. The first-order chi connectivity index (χ1) is 9.92. The molecule has 0 radical (unpaired) electrons. The molecular weight excluding hydrogens is 292 g/mol. The van der Waals surface area contributed by atoms with Crippen molar-refractivity contribution in [1.29, 1.82) is 0 Å². The molecule has 0 aliphatic heterocycles. The number of hydrogen-bond donors (Lipinski definition) is 2. The van der Waals surface area contributed by atoms with E-state index in [0.717, 1.165) is 0 Å².